The summed E-state index contributed by atoms with van der Waals surface area (Å²) in [5.74, 6) is -1.15. The Kier molecular flexibility index (Phi) is 6.26. The van der Waals surface area contributed by atoms with Crippen molar-refractivity contribution in [2.45, 2.75) is 55.6 Å². The number of hydrogen-bond acceptors (Lipinski definition) is 6. The van der Waals surface area contributed by atoms with Crippen molar-refractivity contribution in [3.8, 4) is 6.07 Å². The number of sulfone groups is 1. The fraction of sp³-hybridized carbons (Fsp3) is 0.526. The summed E-state index contributed by atoms with van der Waals surface area (Å²) in [4.78, 5) is 26.4. The zero-order valence-corrected chi connectivity index (χ0v) is 16.6. The first-order chi connectivity index (χ1) is 12.6. The van der Waals surface area contributed by atoms with E-state index in [1.165, 1.54) is 36.1 Å². The highest BCUT2D eigenvalue weighted by Gasteiger charge is 2.40. The van der Waals surface area contributed by atoms with E-state index in [9.17, 15) is 23.3 Å². The van der Waals surface area contributed by atoms with E-state index in [1.54, 1.807) is 7.05 Å². The van der Waals surface area contributed by atoms with Crippen LogP contribution in [0.2, 0.25) is 0 Å². The van der Waals surface area contributed by atoms with Crippen LogP contribution in [-0.2, 0) is 19.4 Å². The summed E-state index contributed by atoms with van der Waals surface area (Å²) in [6.45, 7) is 1.47. The molecule has 8 heteroatoms. The van der Waals surface area contributed by atoms with Crippen molar-refractivity contribution in [3.63, 3.8) is 0 Å². The number of benzene rings is 1. The Morgan fingerprint density at radius 1 is 1.19 bits per heavy atom. The lowest BCUT2D eigenvalue weighted by atomic mass is 9.81. The maximum atomic E-state index is 12.7. The van der Waals surface area contributed by atoms with Crippen molar-refractivity contribution in [3.05, 3.63) is 29.8 Å². The predicted octanol–water partition coefficient (Wildman–Crippen LogP) is 2.32. The van der Waals surface area contributed by atoms with Gasteiger partial charge in [-0.2, -0.15) is 5.26 Å². The molecule has 2 rings (SSSR count). The van der Waals surface area contributed by atoms with Crippen LogP contribution in [0, 0.1) is 11.3 Å². The highest BCUT2D eigenvalue weighted by molar-refractivity contribution is 7.90. The van der Waals surface area contributed by atoms with E-state index in [-0.39, 0.29) is 10.5 Å². The molecule has 7 nitrogen and oxygen atoms in total. The standard InChI is InChI=1S/C19H24N2O5S/c1-14(17(22)21(2)19(13-20)11-5-4-6-12-19)26-18(23)15-7-9-16(10-8-15)27(3,24)25/h7-10,14H,4-6,11-12H2,1-3H3/t14-/m1/s1. The normalized spacial score (nSPS) is 17.4. The first-order valence-corrected chi connectivity index (χ1v) is 10.7. The van der Waals surface area contributed by atoms with E-state index in [4.69, 9.17) is 4.74 Å². The van der Waals surface area contributed by atoms with Crippen molar-refractivity contribution >= 4 is 21.7 Å². The molecule has 1 aliphatic carbocycles. The molecule has 146 valence electrons. The highest BCUT2D eigenvalue weighted by Crippen LogP contribution is 2.33. The van der Waals surface area contributed by atoms with Gasteiger partial charge in [0.05, 0.1) is 16.5 Å². The van der Waals surface area contributed by atoms with Crippen LogP contribution in [0.25, 0.3) is 0 Å². The minimum Gasteiger partial charge on any atom is -0.449 e. The number of esters is 1. The summed E-state index contributed by atoms with van der Waals surface area (Å²) in [6, 6.07) is 7.59. The lowest BCUT2D eigenvalue weighted by molar-refractivity contribution is -0.143. The molecule has 0 bridgehead atoms. The maximum Gasteiger partial charge on any atom is 0.338 e. The average Bonchev–Trinajstić information content (AvgIpc) is 2.66. The van der Waals surface area contributed by atoms with Crippen LogP contribution in [0.5, 0.6) is 0 Å². The van der Waals surface area contributed by atoms with Gasteiger partial charge in [-0.1, -0.05) is 19.3 Å². The Morgan fingerprint density at radius 3 is 2.22 bits per heavy atom. The third-order valence-electron chi connectivity index (χ3n) is 5.01. The summed E-state index contributed by atoms with van der Waals surface area (Å²) in [7, 11) is -1.79. The van der Waals surface area contributed by atoms with Crippen molar-refractivity contribution in [1.29, 1.82) is 5.26 Å². The number of likely N-dealkylation sites (N-methyl/N-ethyl adjacent to an activating group) is 1. The van der Waals surface area contributed by atoms with E-state index < -0.39 is 33.4 Å². The van der Waals surface area contributed by atoms with E-state index >= 15 is 0 Å². The SMILES string of the molecule is C[C@@H](OC(=O)c1ccc(S(C)(=O)=O)cc1)C(=O)N(C)C1(C#N)CCCCC1. The number of hydrogen-bond donors (Lipinski definition) is 0. The molecule has 0 saturated heterocycles. The maximum absolute atomic E-state index is 12.7. The predicted molar refractivity (Wildman–Crippen MR) is 98.6 cm³/mol. The van der Waals surface area contributed by atoms with Gasteiger partial charge in [-0.15, -0.1) is 0 Å². The molecule has 27 heavy (non-hydrogen) atoms. The lowest BCUT2D eigenvalue weighted by Crippen LogP contribution is -2.53. The number of rotatable bonds is 5. The van der Waals surface area contributed by atoms with Crippen molar-refractivity contribution in [1.82, 2.24) is 4.90 Å². The van der Waals surface area contributed by atoms with Gasteiger partial charge < -0.3 is 9.64 Å². The third-order valence-corrected chi connectivity index (χ3v) is 6.14. The second-order valence-electron chi connectivity index (χ2n) is 6.95. The van der Waals surface area contributed by atoms with Gasteiger partial charge in [0.2, 0.25) is 0 Å². The summed E-state index contributed by atoms with van der Waals surface area (Å²) in [5, 5.41) is 9.59. The molecule has 1 amide bonds. The largest absolute Gasteiger partial charge is 0.449 e. The second-order valence-corrected chi connectivity index (χ2v) is 8.96. The zero-order valence-electron chi connectivity index (χ0n) is 15.8. The Morgan fingerprint density at radius 2 is 1.74 bits per heavy atom. The molecule has 0 N–H and O–H groups in total. The van der Waals surface area contributed by atoms with Gasteiger partial charge in [-0.3, -0.25) is 4.79 Å². The summed E-state index contributed by atoms with van der Waals surface area (Å²) >= 11 is 0. The number of nitrogens with zero attached hydrogens (tertiary/aromatic N) is 2. The first kappa shape index (κ1) is 20.9. The Hall–Kier alpha value is -2.40. The molecule has 0 heterocycles. The van der Waals surface area contributed by atoms with Gasteiger partial charge in [0, 0.05) is 13.3 Å². The number of nitriles is 1. The number of carbonyl (C=O) groups is 2. The molecular formula is C19H24N2O5S. The molecule has 0 radical (unpaired) electrons. The summed E-state index contributed by atoms with van der Waals surface area (Å²) in [5.41, 5.74) is -0.704. The Balaban J connectivity index is 2.07. The van der Waals surface area contributed by atoms with Crippen molar-refractivity contribution in [2.75, 3.05) is 13.3 Å². The minimum absolute atomic E-state index is 0.0937. The lowest BCUT2D eigenvalue weighted by Gasteiger charge is -2.39. The first-order valence-electron chi connectivity index (χ1n) is 8.81. The van der Waals surface area contributed by atoms with Crippen LogP contribution in [0.3, 0.4) is 0 Å². The zero-order chi connectivity index (χ0) is 20.2. The molecule has 1 atom stereocenters. The van der Waals surface area contributed by atoms with Gasteiger partial charge in [0.1, 0.15) is 5.54 Å². The summed E-state index contributed by atoms with van der Waals surface area (Å²) < 4.78 is 28.2. The second kappa shape index (κ2) is 8.09. The molecule has 1 aromatic rings. The topological polar surface area (TPSA) is 105 Å². The van der Waals surface area contributed by atoms with Crippen LogP contribution in [0.4, 0.5) is 0 Å². The fourth-order valence-electron chi connectivity index (χ4n) is 3.26. The average molecular weight is 392 g/mol. The number of amides is 1. The van der Waals surface area contributed by atoms with Crippen LogP contribution in [0.1, 0.15) is 49.4 Å². The molecule has 1 fully saturated rings. The number of ether oxygens (including phenoxy) is 1. The van der Waals surface area contributed by atoms with Crippen LogP contribution in [0.15, 0.2) is 29.2 Å². The highest BCUT2D eigenvalue weighted by atomic mass is 32.2. The minimum atomic E-state index is -3.36. The molecule has 1 aliphatic rings. The van der Waals surface area contributed by atoms with Gasteiger partial charge in [-0.05, 0) is 44.0 Å². The molecule has 0 unspecified atom stereocenters. The van der Waals surface area contributed by atoms with Crippen molar-refractivity contribution in [2.24, 2.45) is 0 Å². The van der Waals surface area contributed by atoms with Gasteiger partial charge in [0.15, 0.2) is 15.9 Å². The van der Waals surface area contributed by atoms with Crippen LogP contribution < -0.4 is 0 Å². The monoisotopic (exact) mass is 392 g/mol. The number of carbonyl (C=O) groups excluding carboxylic acids is 2. The van der Waals surface area contributed by atoms with Crippen molar-refractivity contribution < 1.29 is 22.7 Å². The molecule has 0 aliphatic heterocycles. The third kappa shape index (κ3) is 4.66. The van der Waals surface area contributed by atoms with Gasteiger partial charge in [-0.25, -0.2) is 13.2 Å². The smallest absolute Gasteiger partial charge is 0.338 e. The van der Waals surface area contributed by atoms with Gasteiger partial charge in [0.25, 0.3) is 5.91 Å². The van der Waals surface area contributed by atoms with E-state index in [0.717, 1.165) is 25.5 Å². The molecule has 0 spiro atoms. The van der Waals surface area contributed by atoms with Gasteiger partial charge >= 0.3 is 5.97 Å². The van der Waals surface area contributed by atoms with E-state index in [1.807, 2.05) is 0 Å². The van der Waals surface area contributed by atoms with Crippen LogP contribution in [-0.4, -0.2) is 50.1 Å². The van der Waals surface area contributed by atoms with E-state index in [2.05, 4.69) is 6.07 Å². The molecule has 0 aromatic heterocycles. The quantitative estimate of drug-likeness (QED) is 0.712. The summed E-state index contributed by atoms with van der Waals surface area (Å²) in [6.07, 6.45) is 4.05. The molecule has 1 aromatic carbocycles. The van der Waals surface area contributed by atoms with E-state index in [0.29, 0.717) is 12.8 Å². The van der Waals surface area contributed by atoms with Crippen LogP contribution >= 0.6 is 0 Å². The molecule has 1 saturated carbocycles. The molecular weight excluding hydrogens is 368 g/mol. The Bertz CT molecular complexity index is 849. The Labute approximate surface area is 159 Å². The fourth-order valence-corrected chi connectivity index (χ4v) is 3.89.